The maximum Gasteiger partial charge on any atom is 0.134 e. The lowest BCUT2D eigenvalue weighted by atomic mass is 10.2. The number of aromatic nitrogens is 1. The van der Waals surface area contributed by atoms with Gasteiger partial charge in [0.25, 0.3) is 0 Å². The number of hydrogen-bond donors (Lipinski definition) is 2. The predicted octanol–water partition coefficient (Wildman–Crippen LogP) is 1.37. The minimum atomic E-state index is -0.626. The van der Waals surface area contributed by atoms with Gasteiger partial charge in [0, 0.05) is 5.56 Å². The van der Waals surface area contributed by atoms with E-state index < -0.39 is 6.10 Å². The van der Waals surface area contributed by atoms with Crippen molar-refractivity contribution in [1.82, 2.24) is 4.98 Å². The highest BCUT2D eigenvalue weighted by Crippen LogP contribution is 2.21. The maximum atomic E-state index is 9.15. The molecule has 0 amide bonds. The number of nitrogens with zero attached hydrogens (tertiary/aromatic N) is 1. The van der Waals surface area contributed by atoms with Crippen molar-refractivity contribution in [3.63, 3.8) is 0 Å². The molecule has 4 heteroatoms. The van der Waals surface area contributed by atoms with Crippen LogP contribution in [0.1, 0.15) is 18.6 Å². The van der Waals surface area contributed by atoms with E-state index in [-0.39, 0.29) is 0 Å². The van der Waals surface area contributed by atoms with Crippen molar-refractivity contribution < 1.29 is 5.11 Å². The average molecular weight is 173 g/mol. The van der Waals surface area contributed by atoms with Gasteiger partial charge in [-0.25, -0.2) is 4.98 Å². The molecule has 0 aliphatic carbocycles. The third-order valence-electron chi connectivity index (χ3n) is 1.34. The van der Waals surface area contributed by atoms with Crippen LogP contribution < -0.4 is 5.73 Å². The van der Waals surface area contributed by atoms with Crippen LogP contribution in [0, 0.1) is 0 Å². The van der Waals surface area contributed by atoms with Crippen LogP contribution in [0.15, 0.2) is 12.3 Å². The van der Waals surface area contributed by atoms with E-state index in [9.17, 15) is 0 Å². The zero-order valence-electron chi connectivity index (χ0n) is 6.08. The summed E-state index contributed by atoms with van der Waals surface area (Å²) in [6.07, 6.45) is 0.826. The molecule has 11 heavy (non-hydrogen) atoms. The Labute approximate surface area is 69.8 Å². The molecule has 3 nitrogen and oxygen atoms in total. The quantitative estimate of drug-likeness (QED) is 0.629. The van der Waals surface area contributed by atoms with Crippen molar-refractivity contribution in [2.75, 3.05) is 5.73 Å². The van der Waals surface area contributed by atoms with Crippen molar-refractivity contribution in [2.24, 2.45) is 0 Å². The van der Waals surface area contributed by atoms with Crippen LogP contribution in [-0.4, -0.2) is 10.1 Å². The second kappa shape index (κ2) is 3.07. The molecule has 1 aromatic heterocycles. The van der Waals surface area contributed by atoms with Gasteiger partial charge in [0.1, 0.15) is 5.15 Å². The van der Waals surface area contributed by atoms with E-state index in [0.29, 0.717) is 16.4 Å². The molecule has 1 heterocycles. The summed E-state index contributed by atoms with van der Waals surface area (Å²) in [5.41, 5.74) is 6.50. The summed E-state index contributed by atoms with van der Waals surface area (Å²) < 4.78 is 0. The van der Waals surface area contributed by atoms with Crippen molar-refractivity contribution in [2.45, 2.75) is 13.0 Å². The molecule has 1 unspecified atom stereocenters. The third-order valence-corrected chi connectivity index (χ3v) is 1.65. The monoisotopic (exact) mass is 172 g/mol. The number of halogens is 1. The Kier molecular flexibility index (Phi) is 2.31. The highest BCUT2D eigenvalue weighted by molar-refractivity contribution is 6.30. The minimum absolute atomic E-state index is 0.300. The van der Waals surface area contributed by atoms with E-state index in [1.54, 1.807) is 13.0 Å². The Morgan fingerprint density at radius 1 is 1.73 bits per heavy atom. The summed E-state index contributed by atoms with van der Waals surface area (Å²) in [4.78, 5) is 3.78. The smallest absolute Gasteiger partial charge is 0.134 e. The summed E-state index contributed by atoms with van der Waals surface area (Å²) in [5.74, 6) is 0. The van der Waals surface area contributed by atoms with E-state index in [0.717, 1.165) is 0 Å². The van der Waals surface area contributed by atoms with Crippen LogP contribution in [0.3, 0.4) is 0 Å². The standard InChI is InChI=1S/C7H9ClN2O/c1-4(11)6-2-5(9)3-10-7(6)8/h2-4,11H,9H2,1H3. The highest BCUT2D eigenvalue weighted by Gasteiger charge is 2.06. The minimum Gasteiger partial charge on any atom is -0.397 e. The van der Waals surface area contributed by atoms with Gasteiger partial charge in [-0.3, -0.25) is 0 Å². The van der Waals surface area contributed by atoms with Crippen molar-refractivity contribution in [1.29, 1.82) is 0 Å². The molecule has 0 bridgehead atoms. The largest absolute Gasteiger partial charge is 0.397 e. The van der Waals surface area contributed by atoms with Gasteiger partial charge in [-0.15, -0.1) is 0 Å². The number of hydrogen-bond acceptors (Lipinski definition) is 3. The van der Waals surface area contributed by atoms with Gasteiger partial charge >= 0.3 is 0 Å². The van der Waals surface area contributed by atoms with Gasteiger partial charge < -0.3 is 10.8 Å². The molecule has 0 spiro atoms. The molecular formula is C7H9ClN2O. The van der Waals surface area contributed by atoms with Gasteiger partial charge in [-0.1, -0.05) is 11.6 Å². The molecule has 60 valence electrons. The van der Waals surface area contributed by atoms with Crippen LogP contribution in [0.2, 0.25) is 5.15 Å². The van der Waals surface area contributed by atoms with Crippen molar-refractivity contribution in [3.05, 3.63) is 23.0 Å². The fraction of sp³-hybridized carbons (Fsp3) is 0.286. The van der Waals surface area contributed by atoms with Crippen LogP contribution >= 0.6 is 11.6 Å². The lowest BCUT2D eigenvalue weighted by Gasteiger charge is -2.06. The Hall–Kier alpha value is -0.800. The van der Waals surface area contributed by atoms with Gasteiger partial charge in [-0.2, -0.15) is 0 Å². The first-order valence-electron chi connectivity index (χ1n) is 3.20. The molecule has 0 aliphatic heterocycles. The second-order valence-electron chi connectivity index (χ2n) is 2.32. The second-order valence-corrected chi connectivity index (χ2v) is 2.68. The first kappa shape index (κ1) is 8.30. The number of rotatable bonds is 1. The number of anilines is 1. The number of aliphatic hydroxyl groups is 1. The van der Waals surface area contributed by atoms with Crippen LogP contribution in [-0.2, 0) is 0 Å². The molecule has 0 aliphatic rings. The van der Waals surface area contributed by atoms with Gasteiger partial charge in [0.2, 0.25) is 0 Å². The summed E-state index contributed by atoms with van der Waals surface area (Å²) in [7, 11) is 0. The lowest BCUT2D eigenvalue weighted by molar-refractivity contribution is 0.199. The molecule has 1 atom stereocenters. The number of aliphatic hydroxyl groups excluding tert-OH is 1. The Morgan fingerprint density at radius 2 is 2.36 bits per heavy atom. The van der Waals surface area contributed by atoms with Crippen molar-refractivity contribution in [3.8, 4) is 0 Å². The SMILES string of the molecule is CC(O)c1cc(N)cnc1Cl. The zero-order valence-corrected chi connectivity index (χ0v) is 6.84. The Morgan fingerprint density at radius 3 is 2.82 bits per heavy atom. The fourth-order valence-corrected chi connectivity index (χ4v) is 1.04. The zero-order chi connectivity index (χ0) is 8.43. The van der Waals surface area contributed by atoms with Gasteiger partial charge in [0.05, 0.1) is 18.0 Å². The first-order chi connectivity index (χ1) is 5.11. The predicted molar refractivity (Wildman–Crippen MR) is 44.3 cm³/mol. The molecular weight excluding hydrogens is 164 g/mol. The topological polar surface area (TPSA) is 59.1 Å². The molecule has 1 rings (SSSR count). The summed E-state index contributed by atoms with van der Waals surface area (Å²) in [5, 5.41) is 9.45. The van der Waals surface area contributed by atoms with Crippen molar-refractivity contribution >= 4 is 17.3 Å². The lowest BCUT2D eigenvalue weighted by Crippen LogP contribution is -1.96. The van der Waals surface area contributed by atoms with E-state index in [1.165, 1.54) is 6.20 Å². The Balaban J connectivity index is 3.13. The molecule has 0 saturated carbocycles. The molecule has 0 fully saturated rings. The summed E-state index contributed by atoms with van der Waals surface area (Å²) in [6, 6.07) is 1.61. The van der Waals surface area contributed by atoms with Gasteiger partial charge in [-0.05, 0) is 13.0 Å². The fourth-order valence-electron chi connectivity index (χ4n) is 0.775. The molecule has 1 aromatic rings. The first-order valence-corrected chi connectivity index (χ1v) is 3.58. The average Bonchev–Trinajstić information content (AvgIpc) is 1.94. The van der Waals surface area contributed by atoms with E-state index >= 15 is 0 Å². The van der Waals surface area contributed by atoms with Crippen LogP contribution in [0.25, 0.3) is 0 Å². The summed E-state index contributed by atoms with van der Waals surface area (Å²) >= 11 is 5.66. The van der Waals surface area contributed by atoms with Crippen LogP contribution in [0.4, 0.5) is 5.69 Å². The van der Waals surface area contributed by atoms with E-state index in [1.807, 2.05) is 0 Å². The van der Waals surface area contributed by atoms with Crippen LogP contribution in [0.5, 0.6) is 0 Å². The normalized spacial score (nSPS) is 13.0. The summed E-state index contributed by atoms with van der Waals surface area (Å²) in [6.45, 7) is 1.61. The van der Waals surface area contributed by atoms with E-state index in [4.69, 9.17) is 22.4 Å². The molecule has 0 radical (unpaired) electrons. The number of nitrogen functional groups attached to an aromatic ring is 1. The third kappa shape index (κ3) is 1.82. The number of nitrogens with two attached hydrogens (primary N) is 1. The Bertz CT molecular complexity index is 263. The molecule has 0 saturated heterocycles. The highest BCUT2D eigenvalue weighted by atomic mass is 35.5. The van der Waals surface area contributed by atoms with E-state index in [2.05, 4.69) is 4.98 Å². The van der Waals surface area contributed by atoms with Gasteiger partial charge in [0.15, 0.2) is 0 Å². The molecule has 0 aromatic carbocycles. The number of pyridine rings is 1. The molecule has 3 N–H and O–H groups in total. The maximum absolute atomic E-state index is 9.15.